The van der Waals surface area contributed by atoms with Gasteiger partial charge in [0.05, 0.1) is 12.6 Å². The zero-order chi connectivity index (χ0) is 19.0. The molecule has 0 radical (unpaired) electrons. The molecule has 1 aromatic carbocycles. The maximum Gasteiger partial charge on any atom is 0.320 e. The van der Waals surface area contributed by atoms with Gasteiger partial charge in [0.2, 0.25) is 11.8 Å². The fraction of sp³-hybridized carbons (Fsp3) is 0.471. The van der Waals surface area contributed by atoms with Crippen LogP contribution < -0.4 is 10.6 Å². The number of aliphatic carboxylic acids is 1. The maximum atomic E-state index is 12.3. The summed E-state index contributed by atoms with van der Waals surface area (Å²) in [6.07, 6.45) is 0. The van der Waals surface area contributed by atoms with Crippen molar-refractivity contribution in [1.82, 2.24) is 15.5 Å². The van der Waals surface area contributed by atoms with Gasteiger partial charge in [-0.15, -0.1) is 0 Å². The van der Waals surface area contributed by atoms with Gasteiger partial charge in [0.1, 0.15) is 6.04 Å². The number of nitrogens with zero attached hydrogens (tertiary/aromatic N) is 1. The lowest BCUT2D eigenvalue weighted by atomic mass is 10.1. The Morgan fingerprint density at radius 1 is 1.20 bits per heavy atom. The van der Waals surface area contributed by atoms with E-state index in [1.54, 1.807) is 12.1 Å². The number of rotatable bonds is 9. The molecule has 0 saturated carbocycles. The van der Waals surface area contributed by atoms with E-state index in [0.717, 1.165) is 5.56 Å². The topological polar surface area (TPSA) is 98.7 Å². The molecule has 8 heteroatoms. The van der Waals surface area contributed by atoms with Gasteiger partial charge in [-0.3, -0.25) is 19.3 Å². The van der Waals surface area contributed by atoms with E-state index in [4.69, 9.17) is 11.6 Å². The first-order valence-corrected chi connectivity index (χ1v) is 8.34. The van der Waals surface area contributed by atoms with E-state index in [9.17, 15) is 19.5 Å². The molecule has 0 aliphatic carbocycles. The second-order valence-corrected chi connectivity index (χ2v) is 6.24. The van der Waals surface area contributed by atoms with Crippen LogP contribution in [0, 0.1) is 0 Å². The van der Waals surface area contributed by atoms with Crippen LogP contribution in [0.25, 0.3) is 0 Å². The van der Waals surface area contributed by atoms with Gasteiger partial charge in [0.15, 0.2) is 0 Å². The summed E-state index contributed by atoms with van der Waals surface area (Å²) in [6.45, 7) is 5.18. The van der Waals surface area contributed by atoms with Crippen molar-refractivity contribution >= 4 is 29.4 Å². The van der Waals surface area contributed by atoms with E-state index in [0.29, 0.717) is 5.02 Å². The number of carbonyl (C=O) groups is 3. The Labute approximate surface area is 152 Å². The lowest BCUT2D eigenvalue weighted by Gasteiger charge is -2.26. The predicted octanol–water partition coefficient (Wildman–Crippen LogP) is 1.43. The van der Waals surface area contributed by atoms with Crippen molar-refractivity contribution in [3.63, 3.8) is 0 Å². The van der Waals surface area contributed by atoms with Crippen LogP contribution in [0.5, 0.6) is 0 Å². The fourth-order valence-electron chi connectivity index (χ4n) is 2.25. The molecular formula is C17H24ClN3O4. The second-order valence-electron chi connectivity index (χ2n) is 5.81. The van der Waals surface area contributed by atoms with Gasteiger partial charge < -0.3 is 15.7 Å². The van der Waals surface area contributed by atoms with Crippen LogP contribution in [0.3, 0.4) is 0 Å². The lowest BCUT2D eigenvalue weighted by Crippen LogP contribution is -2.48. The minimum absolute atomic E-state index is 0.0784. The highest BCUT2D eigenvalue weighted by Gasteiger charge is 2.23. The standard InChI is InChI=1S/C17H24ClN3O4/c1-11(14-4-6-15(18)7-5-14)20-16(23)10-21(12(2)17(24)25)9-8-19-13(3)22/h4-7,11-12H,8-10H2,1-3H3,(H,19,22)(H,20,23)(H,24,25). The van der Waals surface area contributed by atoms with Crippen LogP contribution in [0.2, 0.25) is 5.02 Å². The smallest absolute Gasteiger partial charge is 0.320 e. The Morgan fingerprint density at radius 2 is 1.80 bits per heavy atom. The third kappa shape index (κ3) is 7.53. The van der Waals surface area contributed by atoms with E-state index in [1.165, 1.54) is 18.7 Å². The number of benzene rings is 1. The Morgan fingerprint density at radius 3 is 2.32 bits per heavy atom. The van der Waals surface area contributed by atoms with Gasteiger partial charge >= 0.3 is 5.97 Å². The van der Waals surface area contributed by atoms with Gasteiger partial charge in [-0.1, -0.05) is 23.7 Å². The first-order valence-electron chi connectivity index (χ1n) is 7.96. The maximum absolute atomic E-state index is 12.3. The Kier molecular flexibility index (Phi) is 8.37. The summed E-state index contributed by atoms with van der Waals surface area (Å²) in [4.78, 5) is 35.9. The van der Waals surface area contributed by atoms with Crippen molar-refractivity contribution in [1.29, 1.82) is 0 Å². The summed E-state index contributed by atoms with van der Waals surface area (Å²) in [5.74, 6) is -1.52. The average molecular weight is 370 g/mol. The molecule has 0 spiro atoms. The number of carboxylic acid groups (broad SMARTS) is 1. The molecule has 0 bridgehead atoms. The first-order chi connectivity index (χ1) is 11.7. The summed E-state index contributed by atoms with van der Waals surface area (Å²) in [7, 11) is 0. The van der Waals surface area contributed by atoms with Crippen molar-refractivity contribution in [2.45, 2.75) is 32.9 Å². The number of halogens is 1. The molecule has 2 unspecified atom stereocenters. The molecule has 7 nitrogen and oxygen atoms in total. The third-order valence-electron chi connectivity index (χ3n) is 3.77. The molecular weight excluding hydrogens is 346 g/mol. The molecule has 0 heterocycles. The molecule has 138 valence electrons. The van der Waals surface area contributed by atoms with Crippen LogP contribution in [0.4, 0.5) is 0 Å². The van der Waals surface area contributed by atoms with Crippen LogP contribution >= 0.6 is 11.6 Å². The Balaban J connectivity index is 2.64. The molecule has 25 heavy (non-hydrogen) atoms. The number of carbonyl (C=O) groups excluding carboxylic acids is 2. The molecule has 0 aliphatic rings. The summed E-state index contributed by atoms with van der Waals surface area (Å²) in [6, 6.07) is 6.05. The first kappa shape index (κ1) is 20.9. The minimum atomic E-state index is -1.03. The molecule has 2 atom stereocenters. The monoisotopic (exact) mass is 369 g/mol. The number of carboxylic acids is 1. The van der Waals surface area contributed by atoms with Crippen molar-refractivity contribution in [2.75, 3.05) is 19.6 Å². The third-order valence-corrected chi connectivity index (χ3v) is 4.02. The number of nitrogens with one attached hydrogen (secondary N) is 2. The fourth-order valence-corrected chi connectivity index (χ4v) is 2.37. The van der Waals surface area contributed by atoms with Gasteiger partial charge in [-0.25, -0.2) is 0 Å². The molecule has 0 aliphatic heterocycles. The van der Waals surface area contributed by atoms with Gasteiger partial charge in [0, 0.05) is 25.0 Å². The zero-order valence-electron chi connectivity index (χ0n) is 14.6. The van der Waals surface area contributed by atoms with Gasteiger partial charge in [-0.2, -0.15) is 0 Å². The molecule has 1 rings (SSSR count). The summed E-state index contributed by atoms with van der Waals surface area (Å²) < 4.78 is 0. The Hall–Kier alpha value is -2.12. The van der Waals surface area contributed by atoms with Crippen LogP contribution in [-0.2, 0) is 14.4 Å². The highest BCUT2D eigenvalue weighted by molar-refractivity contribution is 6.30. The van der Waals surface area contributed by atoms with Crippen LogP contribution in [-0.4, -0.2) is 53.5 Å². The normalized spacial score (nSPS) is 13.2. The van der Waals surface area contributed by atoms with E-state index in [-0.39, 0.29) is 37.5 Å². The summed E-state index contributed by atoms with van der Waals surface area (Å²) >= 11 is 5.85. The second kappa shape index (κ2) is 10.0. The van der Waals surface area contributed by atoms with Crippen molar-refractivity contribution < 1.29 is 19.5 Å². The molecule has 2 amide bonds. The minimum Gasteiger partial charge on any atom is -0.480 e. The average Bonchev–Trinajstić information content (AvgIpc) is 2.53. The quantitative estimate of drug-likeness (QED) is 0.611. The zero-order valence-corrected chi connectivity index (χ0v) is 15.3. The van der Waals surface area contributed by atoms with Gasteiger partial charge in [-0.05, 0) is 31.5 Å². The van der Waals surface area contributed by atoms with E-state index in [2.05, 4.69) is 10.6 Å². The van der Waals surface area contributed by atoms with Crippen LogP contribution in [0.1, 0.15) is 32.4 Å². The number of amides is 2. The summed E-state index contributed by atoms with van der Waals surface area (Å²) in [5, 5.41) is 15.2. The number of hydrogen-bond acceptors (Lipinski definition) is 4. The van der Waals surface area contributed by atoms with Crippen LogP contribution in [0.15, 0.2) is 24.3 Å². The van der Waals surface area contributed by atoms with Crippen molar-refractivity contribution in [3.8, 4) is 0 Å². The largest absolute Gasteiger partial charge is 0.480 e. The van der Waals surface area contributed by atoms with Crippen molar-refractivity contribution in [3.05, 3.63) is 34.9 Å². The molecule has 0 fully saturated rings. The predicted molar refractivity (Wildman–Crippen MR) is 95.4 cm³/mol. The molecule has 3 N–H and O–H groups in total. The van der Waals surface area contributed by atoms with Crippen molar-refractivity contribution in [2.24, 2.45) is 0 Å². The Bertz CT molecular complexity index is 606. The summed E-state index contributed by atoms with van der Waals surface area (Å²) in [5.41, 5.74) is 0.897. The highest BCUT2D eigenvalue weighted by Crippen LogP contribution is 2.16. The molecule has 0 saturated heterocycles. The lowest BCUT2D eigenvalue weighted by molar-refractivity contribution is -0.143. The number of hydrogen-bond donors (Lipinski definition) is 3. The van der Waals surface area contributed by atoms with E-state index in [1.807, 2.05) is 19.1 Å². The SMILES string of the molecule is CC(=O)NCCN(CC(=O)NC(C)c1ccc(Cl)cc1)C(C)C(=O)O. The molecule has 1 aromatic rings. The van der Waals surface area contributed by atoms with E-state index < -0.39 is 12.0 Å². The molecule has 0 aromatic heterocycles. The van der Waals surface area contributed by atoms with Gasteiger partial charge in [0.25, 0.3) is 0 Å². The highest BCUT2D eigenvalue weighted by atomic mass is 35.5. The van der Waals surface area contributed by atoms with E-state index >= 15 is 0 Å².